The molecule has 0 unspecified atom stereocenters. The van der Waals surface area contributed by atoms with Gasteiger partial charge in [-0.3, -0.25) is 9.78 Å². The maximum atomic E-state index is 13.2. The number of fused-ring (bicyclic) bond motifs is 1. The standard InChI is InChI=1S/C26H21FN4O2/c1-15-4-9-20(29-25-13-24(33-30-25)17-5-7-19(27)8-6-17)12-21(15)22-11-18-14-28-16(2)10-23(18)31(3)26(22)32/h4-14H,1-3H3,(H,29,30). The number of aryl methyl sites for hydroxylation is 3. The van der Waals surface area contributed by atoms with Crippen molar-refractivity contribution in [2.45, 2.75) is 13.8 Å². The topological polar surface area (TPSA) is 73.0 Å². The summed E-state index contributed by atoms with van der Waals surface area (Å²) in [7, 11) is 1.78. The molecule has 0 aliphatic heterocycles. The van der Waals surface area contributed by atoms with Gasteiger partial charge in [0.1, 0.15) is 5.82 Å². The third-order valence-electron chi connectivity index (χ3n) is 5.68. The quantitative estimate of drug-likeness (QED) is 0.385. The maximum Gasteiger partial charge on any atom is 0.258 e. The monoisotopic (exact) mass is 440 g/mol. The van der Waals surface area contributed by atoms with Crippen molar-refractivity contribution < 1.29 is 8.91 Å². The normalized spacial score (nSPS) is 11.2. The van der Waals surface area contributed by atoms with E-state index in [0.29, 0.717) is 17.1 Å². The molecule has 0 fully saturated rings. The highest BCUT2D eigenvalue weighted by atomic mass is 19.1. The van der Waals surface area contributed by atoms with E-state index in [9.17, 15) is 9.18 Å². The first-order valence-electron chi connectivity index (χ1n) is 10.5. The van der Waals surface area contributed by atoms with E-state index in [0.717, 1.165) is 39.0 Å². The number of benzene rings is 2. The zero-order valence-corrected chi connectivity index (χ0v) is 18.4. The Morgan fingerprint density at radius 3 is 2.55 bits per heavy atom. The van der Waals surface area contributed by atoms with Gasteiger partial charge in [0.05, 0.1) is 5.52 Å². The van der Waals surface area contributed by atoms with Gasteiger partial charge in [0.15, 0.2) is 11.6 Å². The Labute approximate surface area is 189 Å². The van der Waals surface area contributed by atoms with E-state index in [1.54, 1.807) is 36.0 Å². The van der Waals surface area contributed by atoms with Crippen LogP contribution in [0.5, 0.6) is 0 Å². The molecule has 0 aliphatic rings. The lowest BCUT2D eigenvalue weighted by Gasteiger charge is -2.13. The van der Waals surface area contributed by atoms with Crippen molar-refractivity contribution in [1.82, 2.24) is 14.7 Å². The van der Waals surface area contributed by atoms with Gasteiger partial charge in [-0.15, -0.1) is 0 Å². The van der Waals surface area contributed by atoms with Crippen molar-refractivity contribution in [3.63, 3.8) is 0 Å². The Morgan fingerprint density at radius 1 is 0.970 bits per heavy atom. The van der Waals surface area contributed by atoms with Crippen LogP contribution in [0.1, 0.15) is 11.3 Å². The number of pyridine rings is 2. The summed E-state index contributed by atoms with van der Waals surface area (Å²) in [6.07, 6.45) is 1.79. The van der Waals surface area contributed by atoms with Crippen LogP contribution in [-0.2, 0) is 7.05 Å². The minimum Gasteiger partial charge on any atom is -0.354 e. The van der Waals surface area contributed by atoms with Crippen LogP contribution in [0.25, 0.3) is 33.4 Å². The number of nitrogens with one attached hydrogen (secondary N) is 1. The molecule has 0 saturated carbocycles. The Bertz CT molecular complexity index is 1550. The number of aromatic nitrogens is 3. The first-order chi connectivity index (χ1) is 15.9. The Balaban J connectivity index is 1.51. The van der Waals surface area contributed by atoms with Gasteiger partial charge in [-0.05, 0) is 73.5 Å². The van der Waals surface area contributed by atoms with Crippen molar-refractivity contribution in [2.75, 3.05) is 5.32 Å². The van der Waals surface area contributed by atoms with E-state index >= 15 is 0 Å². The molecule has 1 N–H and O–H groups in total. The number of halogens is 1. The van der Waals surface area contributed by atoms with Gasteiger partial charge in [-0.2, -0.15) is 0 Å². The van der Waals surface area contributed by atoms with Gasteiger partial charge >= 0.3 is 0 Å². The molecule has 7 heteroatoms. The molecule has 5 aromatic rings. The van der Waals surface area contributed by atoms with Gasteiger partial charge in [-0.25, -0.2) is 4.39 Å². The molecule has 33 heavy (non-hydrogen) atoms. The fraction of sp³-hybridized carbons (Fsp3) is 0.115. The lowest BCUT2D eigenvalue weighted by atomic mass is 9.99. The Kier molecular flexibility index (Phi) is 5.01. The van der Waals surface area contributed by atoms with E-state index in [1.165, 1.54) is 12.1 Å². The number of hydrogen-bond acceptors (Lipinski definition) is 5. The predicted octanol–water partition coefficient (Wildman–Crippen LogP) is 5.76. The van der Waals surface area contributed by atoms with Crippen LogP contribution in [0, 0.1) is 19.7 Å². The molecule has 164 valence electrons. The minimum absolute atomic E-state index is 0.0756. The largest absolute Gasteiger partial charge is 0.354 e. The average molecular weight is 440 g/mol. The molecular formula is C26H21FN4O2. The minimum atomic E-state index is -0.311. The SMILES string of the molecule is Cc1cc2c(cn1)cc(-c1cc(Nc3cc(-c4ccc(F)cc4)on3)ccc1C)c(=O)n2C. The molecule has 0 spiro atoms. The van der Waals surface area contributed by atoms with Crippen molar-refractivity contribution >= 4 is 22.4 Å². The molecule has 3 aromatic heterocycles. The van der Waals surface area contributed by atoms with Crippen molar-refractivity contribution in [3.8, 4) is 22.5 Å². The van der Waals surface area contributed by atoms with Crippen LogP contribution in [-0.4, -0.2) is 14.7 Å². The van der Waals surface area contributed by atoms with E-state index in [1.807, 2.05) is 44.2 Å². The van der Waals surface area contributed by atoms with E-state index in [4.69, 9.17) is 4.52 Å². The van der Waals surface area contributed by atoms with E-state index in [2.05, 4.69) is 15.5 Å². The third-order valence-corrected chi connectivity index (χ3v) is 5.68. The van der Waals surface area contributed by atoms with Crippen LogP contribution in [0.3, 0.4) is 0 Å². The van der Waals surface area contributed by atoms with Gasteiger partial charge in [0.2, 0.25) is 0 Å². The first kappa shape index (κ1) is 20.6. The summed E-state index contributed by atoms with van der Waals surface area (Å²) >= 11 is 0. The fourth-order valence-corrected chi connectivity index (χ4v) is 3.88. The van der Waals surface area contributed by atoms with Crippen molar-refractivity contribution in [2.24, 2.45) is 7.05 Å². The summed E-state index contributed by atoms with van der Waals surface area (Å²) in [5.41, 5.74) is 5.52. The fourth-order valence-electron chi connectivity index (χ4n) is 3.88. The highest BCUT2D eigenvalue weighted by Gasteiger charge is 2.13. The predicted molar refractivity (Wildman–Crippen MR) is 127 cm³/mol. The zero-order valence-electron chi connectivity index (χ0n) is 18.4. The zero-order chi connectivity index (χ0) is 23.1. The van der Waals surface area contributed by atoms with Gasteiger partial charge in [0, 0.05) is 47.2 Å². The molecule has 0 aliphatic carbocycles. The molecular weight excluding hydrogens is 419 g/mol. The summed E-state index contributed by atoms with van der Waals surface area (Å²) in [5, 5.41) is 8.18. The molecule has 0 amide bonds. The van der Waals surface area contributed by atoms with Crippen LogP contribution in [0.15, 0.2) is 76.2 Å². The highest BCUT2D eigenvalue weighted by Crippen LogP contribution is 2.29. The average Bonchev–Trinajstić information content (AvgIpc) is 3.27. The number of anilines is 2. The number of hydrogen-bond donors (Lipinski definition) is 1. The van der Waals surface area contributed by atoms with E-state index < -0.39 is 0 Å². The maximum absolute atomic E-state index is 13.2. The molecule has 0 saturated heterocycles. The first-order valence-corrected chi connectivity index (χ1v) is 10.5. The summed E-state index contributed by atoms with van der Waals surface area (Å²) in [4.78, 5) is 17.5. The number of nitrogens with zero attached hydrogens (tertiary/aromatic N) is 3. The second-order valence-electron chi connectivity index (χ2n) is 8.04. The Morgan fingerprint density at radius 2 is 1.76 bits per heavy atom. The van der Waals surface area contributed by atoms with Crippen LogP contribution in [0.2, 0.25) is 0 Å². The van der Waals surface area contributed by atoms with Crippen molar-refractivity contribution in [3.05, 3.63) is 94.3 Å². The van der Waals surface area contributed by atoms with Crippen LogP contribution >= 0.6 is 0 Å². The summed E-state index contributed by atoms with van der Waals surface area (Å²) in [5.74, 6) is 0.723. The Hall–Kier alpha value is -4.26. The third kappa shape index (κ3) is 3.89. The molecule has 0 radical (unpaired) electrons. The lowest BCUT2D eigenvalue weighted by molar-refractivity contribution is 0.435. The second kappa shape index (κ2) is 8.02. The van der Waals surface area contributed by atoms with Crippen LogP contribution in [0.4, 0.5) is 15.9 Å². The molecule has 3 heterocycles. The summed E-state index contributed by atoms with van der Waals surface area (Å²) in [6, 6.07) is 17.4. The number of rotatable bonds is 4. The van der Waals surface area contributed by atoms with Gasteiger partial charge in [-0.1, -0.05) is 11.2 Å². The molecule has 5 rings (SSSR count). The lowest BCUT2D eigenvalue weighted by Crippen LogP contribution is -2.19. The summed E-state index contributed by atoms with van der Waals surface area (Å²) in [6.45, 7) is 3.88. The van der Waals surface area contributed by atoms with E-state index in [-0.39, 0.29) is 11.4 Å². The van der Waals surface area contributed by atoms with Crippen LogP contribution < -0.4 is 10.9 Å². The second-order valence-corrected chi connectivity index (χ2v) is 8.04. The molecule has 0 bridgehead atoms. The molecule has 2 aromatic carbocycles. The van der Waals surface area contributed by atoms with Gasteiger partial charge < -0.3 is 14.4 Å². The summed E-state index contributed by atoms with van der Waals surface area (Å²) < 4.78 is 20.2. The molecule has 6 nitrogen and oxygen atoms in total. The smallest absolute Gasteiger partial charge is 0.258 e. The van der Waals surface area contributed by atoms with Gasteiger partial charge in [0.25, 0.3) is 5.56 Å². The molecule has 0 atom stereocenters. The highest BCUT2D eigenvalue weighted by molar-refractivity contribution is 5.85. The van der Waals surface area contributed by atoms with Crippen molar-refractivity contribution in [1.29, 1.82) is 0 Å².